The van der Waals surface area contributed by atoms with Gasteiger partial charge in [-0.05, 0) is 43.0 Å². The molecule has 2 N–H and O–H groups in total. The highest BCUT2D eigenvalue weighted by atomic mass is 32.2. The van der Waals surface area contributed by atoms with Crippen LogP contribution in [-0.4, -0.2) is 19.3 Å². The van der Waals surface area contributed by atoms with Crippen molar-refractivity contribution in [2.75, 3.05) is 10.0 Å². The third kappa shape index (κ3) is 4.33. The fourth-order valence-corrected chi connectivity index (χ4v) is 4.64. The molecule has 1 aliphatic carbocycles. The van der Waals surface area contributed by atoms with Crippen molar-refractivity contribution in [1.82, 2.24) is 4.98 Å². The number of nitrogens with one attached hydrogen (secondary N) is 2. The summed E-state index contributed by atoms with van der Waals surface area (Å²) >= 11 is 1.21. The predicted octanol–water partition coefficient (Wildman–Crippen LogP) is 3.46. The Hall–Kier alpha value is -1.93. The van der Waals surface area contributed by atoms with E-state index < -0.39 is 10.0 Å². The zero-order chi connectivity index (χ0) is 17.0. The number of benzene rings is 1. The SMILES string of the molecule is O=C(CC1CCCC1)Nc1ccc(S(=O)(=O)Nc2nccs2)cc1. The molecule has 0 radical (unpaired) electrons. The molecule has 1 aromatic carbocycles. The van der Waals surface area contributed by atoms with Gasteiger partial charge in [0.05, 0.1) is 4.90 Å². The zero-order valence-corrected chi connectivity index (χ0v) is 14.7. The van der Waals surface area contributed by atoms with E-state index in [1.165, 1.54) is 42.5 Å². The molecule has 1 fully saturated rings. The van der Waals surface area contributed by atoms with E-state index in [4.69, 9.17) is 0 Å². The minimum atomic E-state index is -3.66. The normalized spacial score (nSPS) is 15.3. The van der Waals surface area contributed by atoms with E-state index in [2.05, 4.69) is 15.0 Å². The summed E-state index contributed by atoms with van der Waals surface area (Å²) in [6, 6.07) is 6.15. The number of nitrogens with zero attached hydrogens (tertiary/aromatic N) is 1. The van der Waals surface area contributed by atoms with Crippen molar-refractivity contribution in [3.8, 4) is 0 Å². The quantitative estimate of drug-likeness (QED) is 0.820. The Labute approximate surface area is 145 Å². The maximum Gasteiger partial charge on any atom is 0.263 e. The monoisotopic (exact) mass is 365 g/mol. The van der Waals surface area contributed by atoms with Crippen LogP contribution in [-0.2, 0) is 14.8 Å². The number of carbonyl (C=O) groups excluding carboxylic acids is 1. The fraction of sp³-hybridized carbons (Fsp3) is 0.375. The predicted molar refractivity (Wildman–Crippen MR) is 94.6 cm³/mol. The maximum absolute atomic E-state index is 12.2. The van der Waals surface area contributed by atoms with Crippen molar-refractivity contribution < 1.29 is 13.2 Å². The van der Waals surface area contributed by atoms with Gasteiger partial charge in [0.2, 0.25) is 5.91 Å². The molecule has 1 saturated carbocycles. The van der Waals surface area contributed by atoms with Crippen LogP contribution in [0.1, 0.15) is 32.1 Å². The molecule has 1 aromatic heterocycles. The lowest BCUT2D eigenvalue weighted by Gasteiger charge is -2.10. The number of hydrogen-bond acceptors (Lipinski definition) is 5. The topological polar surface area (TPSA) is 88.2 Å². The van der Waals surface area contributed by atoms with Crippen LogP contribution in [0.15, 0.2) is 40.7 Å². The van der Waals surface area contributed by atoms with E-state index in [0.29, 0.717) is 23.2 Å². The van der Waals surface area contributed by atoms with Gasteiger partial charge in [0.1, 0.15) is 0 Å². The summed E-state index contributed by atoms with van der Waals surface area (Å²) in [4.78, 5) is 16.0. The lowest BCUT2D eigenvalue weighted by Crippen LogP contribution is -2.15. The Morgan fingerprint density at radius 1 is 1.21 bits per heavy atom. The van der Waals surface area contributed by atoms with E-state index in [0.717, 1.165) is 12.8 Å². The highest BCUT2D eigenvalue weighted by Crippen LogP contribution is 2.28. The first-order chi connectivity index (χ1) is 11.5. The number of hydrogen-bond donors (Lipinski definition) is 2. The van der Waals surface area contributed by atoms with Crippen LogP contribution in [0.25, 0.3) is 0 Å². The number of sulfonamides is 1. The highest BCUT2D eigenvalue weighted by molar-refractivity contribution is 7.93. The summed E-state index contributed by atoms with van der Waals surface area (Å²) in [6.45, 7) is 0. The number of thiazole rings is 1. The molecule has 1 aliphatic rings. The molecule has 0 aliphatic heterocycles. The Kier molecular flexibility index (Phi) is 5.15. The van der Waals surface area contributed by atoms with Crippen LogP contribution in [0.4, 0.5) is 10.8 Å². The first-order valence-corrected chi connectivity index (χ1v) is 10.2. The number of aromatic nitrogens is 1. The molecule has 0 unspecified atom stereocenters. The summed E-state index contributed by atoms with van der Waals surface area (Å²) < 4.78 is 26.9. The van der Waals surface area contributed by atoms with E-state index in [1.54, 1.807) is 17.5 Å². The Balaban J connectivity index is 1.61. The van der Waals surface area contributed by atoms with Crippen LogP contribution in [0, 0.1) is 5.92 Å². The highest BCUT2D eigenvalue weighted by Gasteiger charge is 2.19. The number of rotatable bonds is 6. The molecule has 3 rings (SSSR count). The zero-order valence-electron chi connectivity index (χ0n) is 13.1. The van der Waals surface area contributed by atoms with Gasteiger partial charge in [0.25, 0.3) is 10.0 Å². The van der Waals surface area contributed by atoms with Crippen molar-refractivity contribution in [2.45, 2.75) is 37.0 Å². The van der Waals surface area contributed by atoms with Crippen molar-refractivity contribution in [3.63, 3.8) is 0 Å². The van der Waals surface area contributed by atoms with E-state index in [-0.39, 0.29) is 10.8 Å². The molecule has 2 aromatic rings. The van der Waals surface area contributed by atoms with Crippen LogP contribution in [0.3, 0.4) is 0 Å². The molecule has 1 heterocycles. The van der Waals surface area contributed by atoms with Gasteiger partial charge in [-0.3, -0.25) is 9.52 Å². The average Bonchev–Trinajstić information content (AvgIpc) is 3.21. The lowest BCUT2D eigenvalue weighted by atomic mass is 10.0. The summed E-state index contributed by atoms with van der Waals surface area (Å²) in [5, 5.41) is 4.85. The van der Waals surface area contributed by atoms with Crippen LogP contribution < -0.4 is 10.0 Å². The molecule has 8 heteroatoms. The number of carbonyl (C=O) groups is 1. The molecule has 0 atom stereocenters. The van der Waals surface area contributed by atoms with Gasteiger partial charge >= 0.3 is 0 Å². The lowest BCUT2D eigenvalue weighted by molar-refractivity contribution is -0.117. The molecule has 6 nitrogen and oxygen atoms in total. The Bertz CT molecular complexity index is 780. The standard InChI is InChI=1S/C16H19N3O3S2/c20-15(11-12-3-1-2-4-12)18-13-5-7-14(8-6-13)24(21,22)19-16-17-9-10-23-16/h5-10,12H,1-4,11H2,(H,17,19)(H,18,20). The molecule has 0 spiro atoms. The van der Waals surface area contributed by atoms with Gasteiger partial charge in [-0.15, -0.1) is 11.3 Å². The van der Waals surface area contributed by atoms with Crippen LogP contribution in [0.5, 0.6) is 0 Å². The summed E-state index contributed by atoms with van der Waals surface area (Å²) in [6.07, 6.45) is 6.71. The first-order valence-electron chi connectivity index (χ1n) is 7.85. The van der Waals surface area contributed by atoms with Gasteiger partial charge in [0, 0.05) is 23.7 Å². The summed E-state index contributed by atoms with van der Waals surface area (Å²) in [5.74, 6) is 0.463. The van der Waals surface area contributed by atoms with E-state index in [9.17, 15) is 13.2 Å². The van der Waals surface area contributed by atoms with Crippen LogP contribution in [0.2, 0.25) is 0 Å². The van der Waals surface area contributed by atoms with E-state index in [1.807, 2.05) is 0 Å². The van der Waals surface area contributed by atoms with Crippen molar-refractivity contribution in [3.05, 3.63) is 35.8 Å². The Morgan fingerprint density at radius 2 is 1.92 bits per heavy atom. The van der Waals surface area contributed by atoms with Gasteiger partial charge in [-0.25, -0.2) is 13.4 Å². The molecule has 24 heavy (non-hydrogen) atoms. The van der Waals surface area contributed by atoms with Crippen LogP contribution >= 0.6 is 11.3 Å². The second-order valence-corrected chi connectivity index (χ2v) is 8.45. The largest absolute Gasteiger partial charge is 0.326 e. The molecule has 0 bridgehead atoms. The van der Waals surface area contributed by atoms with Crippen molar-refractivity contribution in [1.29, 1.82) is 0 Å². The van der Waals surface area contributed by atoms with Gasteiger partial charge in [-0.2, -0.15) is 0 Å². The number of amides is 1. The summed E-state index contributed by atoms with van der Waals surface area (Å²) in [5.41, 5.74) is 0.603. The molecular weight excluding hydrogens is 346 g/mol. The second kappa shape index (κ2) is 7.31. The second-order valence-electron chi connectivity index (χ2n) is 5.87. The van der Waals surface area contributed by atoms with Gasteiger partial charge in [0.15, 0.2) is 5.13 Å². The molecular formula is C16H19N3O3S2. The van der Waals surface area contributed by atoms with Crippen molar-refractivity contribution >= 4 is 38.1 Å². The minimum absolute atomic E-state index is 0.0154. The number of anilines is 2. The van der Waals surface area contributed by atoms with Crippen molar-refractivity contribution in [2.24, 2.45) is 5.92 Å². The third-order valence-electron chi connectivity index (χ3n) is 4.05. The Morgan fingerprint density at radius 3 is 2.54 bits per heavy atom. The molecule has 0 saturated heterocycles. The average molecular weight is 365 g/mol. The van der Waals surface area contributed by atoms with E-state index >= 15 is 0 Å². The summed E-state index contributed by atoms with van der Waals surface area (Å²) in [7, 11) is -3.66. The first kappa shape index (κ1) is 16.9. The third-order valence-corrected chi connectivity index (χ3v) is 6.22. The molecule has 1 amide bonds. The maximum atomic E-state index is 12.2. The minimum Gasteiger partial charge on any atom is -0.326 e. The smallest absolute Gasteiger partial charge is 0.263 e. The van der Waals surface area contributed by atoms with Gasteiger partial charge < -0.3 is 5.32 Å². The van der Waals surface area contributed by atoms with Gasteiger partial charge in [-0.1, -0.05) is 12.8 Å². The molecule has 128 valence electrons. The fourth-order valence-electron chi connectivity index (χ4n) is 2.85.